The molecule has 0 spiro atoms. The van der Waals surface area contributed by atoms with E-state index < -0.39 is 11.7 Å². The number of hydrogen-bond acceptors (Lipinski definition) is 2. The third-order valence-electron chi connectivity index (χ3n) is 3.77. The van der Waals surface area contributed by atoms with Gasteiger partial charge >= 0.3 is 6.18 Å². The first kappa shape index (κ1) is 23.3. The van der Waals surface area contributed by atoms with E-state index in [4.69, 9.17) is 4.74 Å². The first-order chi connectivity index (χ1) is 11.8. The molecule has 0 aromatic heterocycles. The second-order valence-corrected chi connectivity index (χ2v) is 5.25. The zero-order valence-corrected chi connectivity index (χ0v) is 16.0. The van der Waals surface area contributed by atoms with Gasteiger partial charge in [-0.15, -0.1) is 0 Å². The fourth-order valence-corrected chi connectivity index (χ4v) is 2.52. The molecule has 6 heteroatoms. The molecule has 1 saturated heterocycles. The first-order valence-electron chi connectivity index (χ1n) is 8.88. The second-order valence-electron chi connectivity index (χ2n) is 5.25. The fourth-order valence-electron chi connectivity index (χ4n) is 2.52. The Balaban J connectivity index is 0.00000134. The highest BCUT2D eigenvalue weighted by molar-refractivity contribution is 5.73. The van der Waals surface area contributed by atoms with Gasteiger partial charge in [0, 0.05) is 38.4 Å². The maximum absolute atomic E-state index is 12.8. The molecule has 1 fully saturated rings. The van der Waals surface area contributed by atoms with Crippen LogP contribution in [-0.4, -0.2) is 30.0 Å². The number of carbonyl (C=O) groups is 1. The van der Waals surface area contributed by atoms with Gasteiger partial charge < -0.3 is 9.64 Å². The topological polar surface area (TPSA) is 29.5 Å². The minimum Gasteiger partial charge on any atom is -0.490 e. The zero-order chi connectivity index (χ0) is 19.6. The van der Waals surface area contributed by atoms with Crippen molar-refractivity contribution in [2.24, 2.45) is 0 Å². The van der Waals surface area contributed by atoms with Crippen LogP contribution >= 0.6 is 0 Å². The highest BCUT2D eigenvalue weighted by Gasteiger charge is 2.33. The Morgan fingerprint density at radius 3 is 2.08 bits per heavy atom. The van der Waals surface area contributed by atoms with Crippen LogP contribution in [0, 0.1) is 6.92 Å². The second kappa shape index (κ2) is 11.0. The standard InChI is InChI=1S/C15H18F3NO2.2C2H6/c1-10-13(15(16,17)18)4-3-5-14(10)21-12-6-8-19(9-7-12)11(2)20;2*1-2/h3-5,12H,6-9H2,1-2H3;2*1-2H3. The van der Waals surface area contributed by atoms with E-state index in [1.165, 1.54) is 19.9 Å². The van der Waals surface area contributed by atoms with Crippen molar-refractivity contribution in [3.05, 3.63) is 29.3 Å². The monoisotopic (exact) mass is 361 g/mol. The molecule has 0 N–H and O–H groups in total. The van der Waals surface area contributed by atoms with Crippen LogP contribution in [0.15, 0.2) is 18.2 Å². The van der Waals surface area contributed by atoms with Crippen molar-refractivity contribution in [1.82, 2.24) is 4.90 Å². The predicted octanol–water partition coefficient (Wildman–Crippen LogP) is 5.46. The smallest absolute Gasteiger partial charge is 0.416 e. The lowest BCUT2D eigenvalue weighted by atomic mass is 10.1. The van der Waals surface area contributed by atoms with Gasteiger partial charge in [0.1, 0.15) is 11.9 Å². The molecule has 0 aliphatic carbocycles. The minimum absolute atomic E-state index is 0.0173. The van der Waals surface area contributed by atoms with Gasteiger partial charge in [-0.1, -0.05) is 33.8 Å². The molecule has 3 nitrogen and oxygen atoms in total. The van der Waals surface area contributed by atoms with Gasteiger partial charge in [0.25, 0.3) is 0 Å². The summed E-state index contributed by atoms with van der Waals surface area (Å²) in [5, 5.41) is 0. The summed E-state index contributed by atoms with van der Waals surface area (Å²) in [6, 6.07) is 3.97. The normalized spacial score (nSPS) is 14.7. The molecule has 1 aliphatic heterocycles. The molecule has 0 atom stereocenters. The summed E-state index contributed by atoms with van der Waals surface area (Å²) in [7, 11) is 0. The molecule has 1 aromatic carbocycles. The van der Waals surface area contributed by atoms with Gasteiger partial charge in [0.05, 0.1) is 5.56 Å². The van der Waals surface area contributed by atoms with Gasteiger partial charge in [0.15, 0.2) is 0 Å². The van der Waals surface area contributed by atoms with Crippen LogP contribution in [0.25, 0.3) is 0 Å². The summed E-state index contributed by atoms with van der Waals surface area (Å²) >= 11 is 0. The third-order valence-corrected chi connectivity index (χ3v) is 3.77. The van der Waals surface area contributed by atoms with E-state index in [0.717, 1.165) is 6.07 Å². The van der Waals surface area contributed by atoms with Gasteiger partial charge in [0.2, 0.25) is 5.91 Å². The number of piperidine rings is 1. The number of benzene rings is 1. The number of nitrogens with zero attached hydrogens (tertiary/aromatic N) is 1. The largest absolute Gasteiger partial charge is 0.490 e. The molecule has 1 aliphatic rings. The third kappa shape index (κ3) is 6.96. The van der Waals surface area contributed by atoms with Crippen LogP contribution in [0.2, 0.25) is 0 Å². The summed E-state index contributed by atoms with van der Waals surface area (Å²) in [5.41, 5.74) is -0.555. The van der Waals surface area contributed by atoms with Crippen molar-refractivity contribution in [1.29, 1.82) is 0 Å². The van der Waals surface area contributed by atoms with Crippen LogP contribution in [-0.2, 0) is 11.0 Å². The van der Waals surface area contributed by atoms with Crippen molar-refractivity contribution in [3.8, 4) is 5.75 Å². The quantitative estimate of drug-likeness (QED) is 0.700. The Bertz CT molecular complexity index is 522. The SMILES string of the molecule is CC.CC.CC(=O)N1CCC(Oc2cccc(C(F)(F)F)c2C)CC1. The van der Waals surface area contributed by atoms with Crippen molar-refractivity contribution >= 4 is 5.91 Å². The number of halogens is 3. The van der Waals surface area contributed by atoms with Crippen LogP contribution in [0.5, 0.6) is 5.75 Å². The summed E-state index contributed by atoms with van der Waals surface area (Å²) < 4.78 is 44.3. The lowest BCUT2D eigenvalue weighted by Crippen LogP contribution is -2.40. The summed E-state index contributed by atoms with van der Waals surface area (Å²) in [6.45, 7) is 12.1. The Labute approximate surface area is 149 Å². The maximum atomic E-state index is 12.8. The summed E-state index contributed by atoms with van der Waals surface area (Å²) in [4.78, 5) is 13.0. The number of ether oxygens (including phenoxy) is 1. The highest BCUT2D eigenvalue weighted by Crippen LogP contribution is 2.36. The fraction of sp³-hybridized carbons (Fsp3) is 0.632. The average Bonchev–Trinajstić information content (AvgIpc) is 2.60. The molecule has 0 unspecified atom stereocenters. The number of likely N-dealkylation sites (tertiary alicyclic amines) is 1. The molecule has 0 saturated carbocycles. The highest BCUT2D eigenvalue weighted by atomic mass is 19.4. The van der Waals surface area contributed by atoms with Gasteiger partial charge in [-0.05, 0) is 19.1 Å². The number of alkyl halides is 3. The molecule has 0 radical (unpaired) electrons. The molecule has 25 heavy (non-hydrogen) atoms. The molecule has 0 bridgehead atoms. The number of hydrogen-bond donors (Lipinski definition) is 0. The number of amides is 1. The van der Waals surface area contributed by atoms with Crippen LogP contribution < -0.4 is 4.74 Å². The van der Waals surface area contributed by atoms with Crippen molar-refractivity contribution < 1.29 is 22.7 Å². The van der Waals surface area contributed by atoms with Gasteiger partial charge in [-0.2, -0.15) is 13.2 Å². The minimum atomic E-state index is -4.37. The molecule has 1 heterocycles. The lowest BCUT2D eigenvalue weighted by molar-refractivity contribution is -0.138. The molecule has 1 amide bonds. The molecule has 2 rings (SSSR count). The van der Waals surface area contributed by atoms with Gasteiger partial charge in [-0.3, -0.25) is 4.79 Å². The predicted molar refractivity (Wildman–Crippen MR) is 94.8 cm³/mol. The van der Waals surface area contributed by atoms with E-state index in [9.17, 15) is 18.0 Å². The molecular weight excluding hydrogens is 331 g/mol. The van der Waals surface area contributed by atoms with E-state index >= 15 is 0 Å². The van der Waals surface area contributed by atoms with Gasteiger partial charge in [-0.25, -0.2) is 0 Å². The van der Waals surface area contributed by atoms with Crippen LogP contribution in [0.3, 0.4) is 0 Å². The van der Waals surface area contributed by atoms with E-state index in [0.29, 0.717) is 25.9 Å². The maximum Gasteiger partial charge on any atom is 0.416 e. The number of carbonyl (C=O) groups excluding carboxylic acids is 1. The van der Waals surface area contributed by atoms with Crippen LogP contribution in [0.4, 0.5) is 13.2 Å². The van der Waals surface area contributed by atoms with Crippen molar-refractivity contribution in [2.45, 2.75) is 66.7 Å². The Morgan fingerprint density at radius 1 is 1.12 bits per heavy atom. The number of rotatable bonds is 2. The van der Waals surface area contributed by atoms with Crippen molar-refractivity contribution in [2.75, 3.05) is 13.1 Å². The Hall–Kier alpha value is -1.72. The van der Waals surface area contributed by atoms with Crippen molar-refractivity contribution in [3.63, 3.8) is 0 Å². The Morgan fingerprint density at radius 2 is 1.64 bits per heavy atom. The zero-order valence-electron chi connectivity index (χ0n) is 16.0. The van der Waals surface area contributed by atoms with E-state index in [2.05, 4.69) is 0 Å². The Kier molecular flexibility index (Phi) is 10.2. The summed E-state index contributed by atoms with van der Waals surface area (Å²) in [5.74, 6) is 0.287. The van der Waals surface area contributed by atoms with Crippen LogP contribution in [0.1, 0.15) is 58.6 Å². The van der Waals surface area contributed by atoms with E-state index in [1.807, 2.05) is 27.7 Å². The summed E-state index contributed by atoms with van der Waals surface area (Å²) in [6.07, 6.45) is -3.26. The van der Waals surface area contributed by atoms with E-state index in [-0.39, 0.29) is 23.3 Å². The molecular formula is C19H30F3NO2. The molecule has 1 aromatic rings. The molecule has 144 valence electrons. The lowest BCUT2D eigenvalue weighted by Gasteiger charge is -2.32. The van der Waals surface area contributed by atoms with E-state index in [1.54, 1.807) is 11.0 Å². The average molecular weight is 361 g/mol. The first-order valence-corrected chi connectivity index (χ1v) is 8.88.